The predicted octanol–water partition coefficient (Wildman–Crippen LogP) is 5.50. The monoisotopic (exact) mass is 332 g/mol. The van der Waals surface area contributed by atoms with Crippen molar-refractivity contribution in [2.24, 2.45) is 0 Å². The van der Waals surface area contributed by atoms with Crippen LogP contribution in [0.15, 0.2) is 36.4 Å². The molecule has 1 aliphatic rings. The van der Waals surface area contributed by atoms with Gasteiger partial charge in [0.1, 0.15) is 5.82 Å². The largest absolute Gasteiger partial charge is 0.207 e. The van der Waals surface area contributed by atoms with Gasteiger partial charge in [-0.2, -0.15) is 0 Å². The Morgan fingerprint density at radius 3 is 2.35 bits per heavy atom. The third-order valence-corrected chi connectivity index (χ3v) is 5.20. The van der Waals surface area contributed by atoms with Crippen molar-refractivity contribution in [3.05, 3.63) is 70.0 Å². The van der Waals surface area contributed by atoms with E-state index in [9.17, 15) is 4.39 Å². The van der Waals surface area contributed by atoms with E-state index in [2.05, 4.69) is 34.1 Å². The number of hydrogen-bond acceptors (Lipinski definition) is 0. The fraction of sp³-hybridized carbons (Fsp3) is 0.333. The van der Waals surface area contributed by atoms with Gasteiger partial charge in [0.25, 0.3) is 0 Å². The number of aryl methyl sites for hydroxylation is 3. The highest BCUT2D eigenvalue weighted by molar-refractivity contribution is 9.09. The maximum Gasteiger partial charge on any atom is 0.126 e. The summed E-state index contributed by atoms with van der Waals surface area (Å²) in [7, 11) is 0. The van der Waals surface area contributed by atoms with Crippen molar-refractivity contribution in [3.63, 3.8) is 0 Å². The summed E-state index contributed by atoms with van der Waals surface area (Å²) in [6, 6.07) is 12.1. The molecule has 0 bridgehead atoms. The van der Waals surface area contributed by atoms with Gasteiger partial charge in [-0.15, -0.1) is 0 Å². The lowest BCUT2D eigenvalue weighted by Crippen LogP contribution is -2.04. The molecule has 104 valence electrons. The van der Waals surface area contributed by atoms with Crippen LogP contribution in [0.2, 0.25) is 0 Å². The van der Waals surface area contributed by atoms with Gasteiger partial charge in [-0.1, -0.05) is 46.3 Å². The van der Waals surface area contributed by atoms with Gasteiger partial charge in [-0.25, -0.2) is 4.39 Å². The molecule has 0 heterocycles. The van der Waals surface area contributed by atoms with Gasteiger partial charge in [0.05, 0.1) is 4.83 Å². The molecule has 1 aliphatic carbocycles. The van der Waals surface area contributed by atoms with E-state index in [4.69, 9.17) is 0 Å². The summed E-state index contributed by atoms with van der Waals surface area (Å²) >= 11 is 3.76. The van der Waals surface area contributed by atoms with E-state index in [-0.39, 0.29) is 10.6 Å². The molecule has 3 rings (SSSR count). The quantitative estimate of drug-likeness (QED) is 0.637. The predicted molar refractivity (Wildman–Crippen MR) is 85.0 cm³/mol. The van der Waals surface area contributed by atoms with Crippen LogP contribution < -0.4 is 0 Å². The SMILES string of the molecule is Cc1cc(C(Br)c2ccc3c(c2)CCCC3)ccc1F. The lowest BCUT2D eigenvalue weighted by molar-refractivity contribution is 0.617. The zero-order valence-corrected chi connectivity index (χ0v) is 13.2. The third kappa shape index (κ3) is 2.67. The van der Waals surface area contributed by atoms with E-state index in [1.807, 2.05) is 19.1 Å². The van der Waals surface area contributed by atoms with Crippen molar-refractivity contribution in [3.8, 4) is 0 Å². The molecular formula is C18H18BrF. The number of alkyl halides is 1. The van der Waals surface area contributed by atoms with Crippen molar-refractivity contribution in [1.29, 1.82) is 0 Å². The zero-order chi connectivity index (χ0) is 14.1. The van der Waals surface area contributed by atoms with Crippen molar-refractivity contribution < 1.29 is 4.39 Å². The molecule has 20 heavy (non-hydrogen) atoms. The van der Waals surface area contributed by atoms with Gasteiger partial charge in [0, 0.05) is 0 Å². The van der Waals surface area contributed by atoms with E-state index in [1.165, 1.54) is 42.4 Å². The van der Waals surface area contributed by atoms with Gasteiger partial charge >= 0.3 is 0 Å². The summed E-state index contributed by atoms with van der Waals surface area (Å²) in [5.41, 5.74) is 6.05. The number of benzene rings is 2. The molecule has 0 aromatic heterocycles. The van der Waals surface area contributed by atoms with E-state index in [0.717, 1.165) is 5.56 Å². The van der Waals surface area contributed by atoms with Gasteiger partial charge in [-0.3, -0.25) is 0 Å². The molecule has 1 unspecified atom stereocenters. The van der Waals surface area contributed by atoms with Crippen LogP contribution in [0.5, 0.6) is 0 Å². The van der Waals surface area contributed by atoms with Crippen molar-refractivity contribution in [1.82, 2.24) is 0 Å². The average molecular weight is 333 g/mol. The van der Waals surface area contributed by atoms with Crippen LogP contribution in [0.3, 0.4) is 0 Å². The summed E-state index contributed by atoms with van der Waals surface area (Å²) in [6.07, 6.45) is 4.99. The Hall–Kier alpha value is -1.15. The second-order valence-corrected chi connectivity index (χ2v) is 6.52. The highest BCUT2D eigenvalue weighted by Gasteiger charge is 2.15. The van der Waals surface area contributed by atoms with Gasteiger partial charge in [-0.05, 0) is 66.5 Å². The maximum atomic E-state index is 13.4. The second-order valence-electron chi connectivity index (χ2n) is 5.61. The molecule has 2 aromatic rings. The van der Waals surface area contributed by atoms with E-state index < -0.39 is 0 Å². The Kier molecular flexibility index (Phi) is 3.93. The lowest BCUT2D eigenvalue weighted by atomic mass is 9.89. The Labute approximate surface area is 128 Å². The highest BCUT2D eigenvalue weighted by atomic mass is 79.9. The Morgan fingerprint density at radius 2 is 1.60 bits per heavy atom. The van der Waals surface area contributed by atoms with Crippen molar-refractivity contribution in [2.45, 2.75) is 37.4 Å². The maximum absolute atomic E-state index is 13.4. The molecule has 2 aromatic carbocycles. The molecule has 0 saturated heterocycles. The molecule has 0 aliphatic heterocycles. The molecule has 0 N–H and O–H groups in total. The molecule has 0 saturated carbocycles. The average Bonchev–Trinajstić information content (AvgIpc) is 2.49. The van der Waals surface area contributed by atoms with Crippen molar-refractivity contribution >= 4 is 15.9 Å². The van der Waals surface area contributed by atoms with Crippen LogP contribution in [0.25, 0.3) is 0 Å². The topological polar surface area (TPSA) is 0 Å². The van der Waals surface area contributed by atoms with Crippen LogP contribution in [-0.4, -0.2) is 0 Å². The summed E-state index contributed by atoms with van der Waals surface area (Å²) < 4.78 is 13.4. The minimum absolute atomic E-state index is 0.133. The summed E-state index contributed by atoms with van der Waals surface area (Å²) in [5.74, 6) is -0.140. The molecule has 2 heteroatoms. The van der Waals surface area contributed by atoms with Gasteiger partial charge < -0.3 is 0 Å². The first-order valence-electron chi connectivity index (χ1n) is 7.17. The minimum Gasteiger partial charge on any atom is -0.207 e. The summed E-state index contributed by atoms with van der Waals surface area (Å²) in [6.45, 7) is 1.81. The minimum atomic E-state index is -0.140. The Bertz CT molecular complexity index is 633. The number of hydrogen-bond donors (Lipinski definition) is 0. The smallest absolute Gasteiger partial charge is 0.126 e. The van der Waals surface area contributed by atoms with Crippen LogP contribution in [0.1, 0.15) is 45.5 Å². The van der Waals surface area contributed by atoms with Crippen LogP contribution >= 0.6 is 15.9 Å². The van der Waals surface area contributed by atoms with Gasteiger partial charge in [0.15, 0.2) is 0 Å². The first-order valence-corrected chi connectivity index (χ1v) is 8.08. The molecule has 0 nitrogen and oxygen atoms in total. The number of rotatable bonds is 2. The first-order chi connectivity index (χ1) is 9.65. The first kappa shape index (κ1) is 13.8. The normalized spacial score (nSPS) is 15.8. The Morgan fingerprint density at radius 1 is 0.950 bits per heavy atom. The number of halogens is 2. The third-order valence-electron chi connectivity index (χ3n) is 4.14. The van der Waals surface area contributed by atoms with E-state index >= 15 is 0 Å². The van der Waals surface area contributed by atoms with E-state index in [1.54, 1.807) is 6.07 Å². The lowest BCUT2D eigenvalue weighted by Gasteiger charge is -2.19. The molecule has 0 amide bonds. The molecule has 0 spiro atoms. The summed E-state index contributed by atoms with van der Waals surface area (Å²) in [4.78, 5) is 0.133. The fourth-order valence-electron chi connectivity index (χ4n) is 2.93. The van der Waals surface area contributed by atoms with Crippen molar-refractivity contribution in [2.75, 3.05) is 0 Å². The van der Waals surface area contributed by atoms with Gasteiger partial charge in [0.2, 0.25) is 0 Å². The molecule has 0 fully saturated rings. The van der Waals surface area contributed by atoms with Crippen LogP contribution in [-0.2, 0) is 12.8 Å². The fourth-order valence-corrected chi connectivity index (χ4v) is 3.50. The van der Waals surface area contributed by atoms with E-state index in [0.29, 0.717) is 5.56 Å². The highest BCUT2D eigenvalue weighted by Crippen LogP contribution is 2.34. The summed E-state index contributed by atoms with van der Waals surface area (Å²) in [5, 5.41) is 0. The number of fused-ring (bicyclic) bond motifs is 1. The van der Waals surface area contributed by atoms with Crippen LogP contribution in [0, 0.1) is 12.7 Å². The Balaban J connectivity index is 1.93. The molecular weight excluding hydrogens is 315 g/mol. The molecule has 1 atom stereocenters. The van der Waals surface area contributed by atoms with Crippen LogP contribution in [0.4, 0.5) is 4.39 Å². The standard InChI is InChI=1S/C18H18BrF/c1-12-10-15(8-9-17(12)20)18(19)16-7-6-13-4-2-3-5-14(13)11-16/h6-11,18H,2-5H2,1H3. The molecule has 0 radical (unpaired) electrons. The zero-order valence-electron chi connectivity index (χ0n) is 11.6. The second kappa shape index (κ2) is 5.69.